The minimum absolute atomic E-state index is 0.00726. The monoisotopic (exact) mass is 310 g/mol. The molecule has 3 rings (SSSR count). The molecule has 0 unspecified atom stereocenters. The molecular formula is C15H22N2O3S. The molecule has 1 fully saturated rings. The van der Waals surface area contributed by atoms with Gasteiger partial charge in [-0.15, -0.1) is 11.3 Å². The van der Waals surface area contributed by atoms with Crippen LogP contribution in [0.5, 0.6) is 0 Å². The van der Waals surface area contributed by atoms with Gasteiger partial charge in [-0.3, -0.25) is 0 Å². The summed E-state index contributed by atoms with van der Waals surface area (Å²) in [5.41, 5.74) is 1.23. The van der Waals surface area contributed by atoms with Crippen LogP contribution in [0.1, 0.15) is 23.0 Å². The zero-order valence-corrected chi connectivity index (χ0v) is 13.2. The summed E-state index contributed by atoms with van der Waals surface area (Å²) in [6.07, 6.45) is 2.02. The molecule has 1 N–H and O–H groups in total. The predicted octanol–water partition coefficient (Wildman–Crippen LogP) is 2.04. The summed E-state index contributed by atoms with van der Waals surface area (Å²) in [5, 5.41) is 5.08. The first-order chi connectivity index (χ1) is 10.2. The van der Waals surface area contributed by atoms with Gasteiger partial charge in [-0.25, -0.2) is 4.79 Å². The molecule has 2 atom stereocenters. The summed E-state index contributed by atoms with van der Waals surface area (Å²) in [6.45, 7) is 3.61. The van der Waals surface area contributed by atoms with Gasteiger partial charge in [-0.2, -0.15) is 0 Å². The number of hydrogen-bond acceptors (Lipinski definition) is 4. The van der Waals surface area contributed by atoms with Crippen molar-refractivity contribution >= 4 is 17.4 Å². The van der Waals surface area contributed by atoms with Crippen molar-refractivity contribution in [3.05, 3.63) is 21.9 Å². The van der Waals surface area contributed by atoms with Gasteiger partial charge in [0.15, 0.2) is 0 Å². The van der Waals surface area contributed by atoms with E-state index in [2.05, 4.69) is 16.8 Å². The maximum absolute atomic E-state index is 12.1. The van der Waals surface area contributed by atoms with Gasteiger partial charge in [-0.1, -0.05) is 0 Å². The van der Waals surface area contributed by atoms with Crippen molar-refractivity contribution in [2.45, 2.75) is 18.9 Å². The highest BCUT2D eigenvalue weighted by Crippen LogP contribution is 2.30. The molecule has 0 aromatic carbocycles. The molecule has 0 aliphatic carbocycles. The van der Waals surface area contributed by atoms with Crippen molar-refractivity contribution in [2.24, 2.45) is 5.92 Å². The van der Waals surface area contributed by atoms with Crippen LogP contribution in [-0.2, 0) is 15.9 Å². The van der Waals surface area contributed by atoms with Gasteiger partial charge >= 0.3 is 6.03 Å². The summed E-state index contributed by atoms with van der Waals surface area (Å²) in [7, 11) is 1.84. The molecule has 5 nitrogen and oxygen atoms in total. The zero-order valence-electron chi connectivity index (χ0n) is 12.3. The largest absolute Gasteiger partial charge is 0.381 e. The number of carbonyl (C=O) groups is 1. The van der Waals surface area contributed by atoms with E-state index in [1.807, 2.05) is 7.05 Å². The van der Waals surface area contributed by atoms with E-state index in [1.165, 1.54) is 10.4 Å². The van der Waals surface area contributed by atoms with Crippen LogP contribution in [0, 0.1) is 5.92 Å². The first-order valence-corrected chi connectivity index (χ1v) is 8.36. The summed E-state index contributed by atoms with van der Waals surface area (Å²) in [6, 6.07) is 2.07. The minimum atomic E-state index is -0.0344. The molecule has 3 heterocycles. The Morgan fingerprint density at radius 1 is 1.52 bits per heavy atom. The fourth-order valence-corrected chi connectivity index (χ4v) is 3.82. The highest BCUT2D eigenvalue weighted by Gasteiger charge is 2.24. The van der Waals surface area contributed by atoms with Crippen LogP contribution in [0.2, 0.25) is 0 Å². The smallest absolute Gasteiger partial charge is 0.317 e. The molecule has 2 aliphatic rings. The summed E-state index contributed by atoms with van der Waals surface area (Å²) in [4.78, 5) is 15.3. The lowest BCUT2D eigenvalue weighted by Crippen LogP contribution is -2.42. The maximum Gasteiger partial charge on any atom is 0.317 e. The normalized spacial score (nSPS) is 24.6. The van der Waals surface area contributed by atoms with Crippen LogP contribution in [0.3, 0.4) is 0 Å². The summed E-state index contributed by atoms with van der Waals surface area (Å²) < 4.78 is 11.1. The SMILES string of the molecule is CN(C[C@@H]1CCOC1)C(=O)NC[C@H]1OCCc2sccc21. The number of thiophene rings is 1. The number of amides is 2. The zero-order chi connectivity index (χ0) is 14.7. The minimum Gasteiger partial charge on any atom is -0.381 e. The van der Waals surface area contributed by atoms with Crippen molar-refractivity contribution in [1.82, 2.24) is 10.2 Å². The Kier molecular flexibility index (Phi) is 4.77. The van der Waals surface area contributed by atoms with Crippen LogP contribution in [0.15, 0.2) is 11.4 Å². The average molecular weight is 310 g/mol. The van der Waals surface area contributed by atoms with E-state index >= 15 is 0 Å². The molecule has 1 aromatic rings. The lowest BCUT2D eigenvalue weighted by atomic mass is 10.1. The third-order valence-corrected chi connectivity index (χ3v) is 5.11. The summed E-state index contributed by atoms with van der Waals surface area (Å²) >= 11 is 1.77. The second-order valence-corrected chi connectivity index (χ2v) is 6.71. The summed E-state index contributed by atoms with van der Waals surface area (Å²) in [5.74, 6) is 0.468. The number of hydrogen-bond donors (Lipinski definition) is 1. The van der Waals surface area contributed by atoms with Gasteiger partial charge in [0.25, 0.3) is 0 Å². The fraction of sp³-hybridized carbons (Fsp3) is 0.667. The average Bonchev–Trinajstić information content (AvgIpc) is 3.15. The molecule has 6 heteroatoms. The number of rotatable bonds is 4. The number of fused-ring (bicyclic) bond motifs is 1. The topological polar surface area (TPSA) is 50.8 Å². The number of nitrogens with one attached hydrogen (secondary N) is 1. The molecule has 21 heavy (non-hydrogen) atoms. The van der Waals surface area contributed by atoms with Crippen LogP contribution < -0.4 is 5.32 Å². The first kappa shape index (κ1) is 14.8. The number of urea groups is 1. The lowest BCUT2D eigenvalue weighted by Gasteiger charge is -2.26. The van der Waals surface area contributed by atoms with E-state index in [4.69, 9.17) is 9.47 Å². The first-order valence-electron chi connectivity index (χ1n) is 7.48. The lowest BCUT2D eigenvalue weighted by molar-refractivity contribution is 0.0445. The molecule has 2 aliphatic heterocycles. The fourth-order valence-electron chi connectivity index (χ4n) is 2.91. The van der Waals surface area contributed by atoms with Crippen molar-refractivity contribution in [1.29, 1.82) is 0 Å². The van der Waals surface area contributed by atoms with Crippen LogP contribution in [0.4, 0.5) is 4.79 Å². The molecule has 0 spiro atoms. The molecular weight excluding hydrogens is 288 g/mol. The van der Waals surface area contributed by atoms with Gasteiger partial charge < -0.3 is 19.7 Å². The Labute approximate surface area is 129 Å². The van der Waals surface area contributed by atoms with Crippen molar-refractivity contribution < 1.29 is 14.3 Å². The van der Waals surface area contributed by atoms with Gasteiger partial charge in [0, 0.05) is 44.0 Å². The van der Waals surface area contributed by atoms with Crippen LogP contribution in [-0.4, -0.2) is 50.9 Å². The molecule has 1 saturated heterocycles. The third-order valence-electron chi connectivity index (χ3n) is 4.12. The van der Waals surface area contributed by atoms with Crippen molar-refractivity contribution in [3.8, 4) is 0 Å². The van der Waals surface area contributed by atoms with Gasteiger partial charge in [0.2, 0.25) is 0 Å². The highest BCUT2D eigenvalue weighted by atomic mass is 32.1. The van der Waals surface area contributed by atoms with E-state index in [-0.39, 0.29) is 12.1 Å². The molecule has 0 saturated carbocycles. The third kappa shape index (κ3) is 3.56. The molecule has 0 radical (unpaired) electrons. The van der Waals surface area contributed by atoms with E-state index < -0.39 is 0 Å². The molecule has 116 valence electrons. The Hall–Kier alpha value is -1.11. The van der Waals surface area contributed by atoms with Crippen LogP contribution in [0.25, 0.3) is 0 Å². The van der Waals surface area contributed by atoms with Gasteiger partial charge in [-0.05, 0) is 23.4 Å². The van der Waals surface area contributed by atoms with Crippen molar-refractivity contribution in [2.75, 3.05) is 40.0 Å². The second kappa shape index (κ2) is 6.77. The number of nitrogens with zero attached hydrogens (tertiary/aromatic N) is 1. The van der Waals surface area contributed by atoms with E-state index in [0.717, 1.165) is 39.2 Å². The molecule has 1 aromatic heterocycles. The van der Waals surface area contributed by atoms with Crippen LogP contribution >= 0.6 is 11.3 Å². The Bertz CT molecular complexity index is 485. The van der Waals surface area contributed by atoms with Crippen molar-refractivity contribution in [3.63, 3.8) is 0 Å². The number of ether oxygens (including phenoxy) is 2. The Morgan fingerprint density at radius 3 is 3.24 bits per heavy atom. The van der Waals surface area contributed by atoms with E-state index in [1.54, 1.807) is 16.2 Å². The van der Waals surface area contributed by atoms with Gasteiger partial charge in [0.05, 0.1) is 13.2 Å². The standard InChI is InChI=1S/C15H22N2O3S/c1-17(9-11-2-5-19-10-11)15(18)16-8-13-12-4-7-21-14(12)3-6-20-13/h4,7,11,13H,2-3,5-6,8-10H2,1H3,(H,16,18)/t11-,13+/m0/s1. The Morgan fingerprint density at radius 2 is 2.43 bits per heavy atom. The maximum atomic E-state index is 12.1. The predicted molar refractivity (Wildman–Crippen MR) is 81.7 cm³/mol. The van der Waals surface area contributed by atoms with Gasteiger partial charge in [0.1, 0.15) is 6.10 Å². The second-order valence-electron chi connectivity index (χ2n) is 5.70. The molecule has 0 bridgehead atoms. The number of carbonyl (C=O) groups excluding carboxylic acids is 1. The Balaban J connectivity index is 1.47. The molecule has 2 amide bonds. The van der Waals surface area contributed by atoms with E-state index in [9.17, 15) is 4.79 Å². The highest BCUT2D eigenvalue weighted by molar-refractivity contribution is 7.10. The van der Waals surface area contributed by atoms with E-state index in [0.29, 0.717) is 12.5 Å². The quantitative estimate of drug-likeness (QED) is 0.926.